The van der Waals surface area contributed by atoms with Gasteiger partial charge < -0.3 is 15.8 Å². The molecule has 0 aliphatic heterocycles. The zero-order chi connectivity index (χ0) is 15.4. The molecule has 0 amide bonds. The van der Waals surface area contributed by atoms with Crippen LogP contribution >= 0.6 is 0 Å². The average molecular weight is 284 g/mol. The smallest absolute Gasteiger partial charge is 0.340 e. The van der Waals surface area contributed by atoms with E-state index in [2.05, 4.69) is 25.2 Å². The predicted octanol–water partition coefficient (Wildman–Crippen LogP) is 3.92. The fraction of sp³-hybridized carbons (Fsp3) is 0.235. The molecule has 2 aromatic carbocycles. The highest BCUT2D eigenvalue weighted by Gasteiger charge is 2.14. The van der Waals surface area contributed by atoms with Gasteiger partial charge in [0.1, 0.15) is 0 Å². The molecule has 0 heterocycles. The number of anilines is 3. The Morgan fingerprint density at radius 2 is 1.76 bits per heavy atom. The summed E-state index contributed by atoms with van der Waals surface area (Å²) in [7, 11) is 1.34. The maximum absolute atomic E-state index is 11.7. The second kappa shape index (κ2) is 6.31. The van der Waals surface area contributed by atoms with E-state index in [-0.39, 0.29) is 0 Å². The molecule has 0 spiro atoms. The fourth-order valence-corrected chi connectivity index (χ4v) is 2.22. The molecule has 0 saturated carbocycles. The maximum Gasteiger partial charge on any atom is 0.340 e. The number of nitrogens with one attached hydrogen (secondary N) is 1. The van der Waals surface area contributed by atoms with Gasteiger partial charge in [0.15, 0.2) is 0 Å². The molecular weight excluding hydrogens is 264 g/mol. The summed E-state index contributed by atoms with van der Waals surface area (Å²) in [5, 5.41) is 3.31. The van der Waals surface area contributed by atoms with E-state index in [1.165, 1.54) is 12.7 Å². The van der Waals surface area contributed by atoms with Crippen molar-refractivity contribution in [3.05, 3.63) is 53.6 Å². The lowest BCUT2D eigenvalue weighted by atomic mass is 10.0. The molecule has 4 heteroatoms. The minimum atomic E-state index is -0.437. The second-order valence-electron chi connectivity index (χ2n) is 5.13. The van der Waals surface area contributed by atoms with E-state index >= 15 is 0 Å². The molecule has 0 bridgehead atoms. The number of benzene rings is 2. The molecule has 0 fully saturated rings. The van der Waals surface area contributed by atoms with Gasteiger partial charge in [0.05, 0.1) is 24.0 Å². The van der Waals surface area contributed by atoms with Crippen molar-refractivity contribution in [1.82, 2.24) is 0 Å². The van der Waals surface area contributed by atoms with Crippen molar-refractivity contribution in [3.8, 4) is 0 Å². The largest absolute Gasteiger partial charge is 0.465 e. The Hall–Kier alpha value is -2.49. The summed E-state index contributed by atoms with van der Waals surface area (Å²) < 4.78 is 4.74. The lowest BCUT2D eigenvalue weighted by Crippen LogP contribution is -2.08. The highest BCUT2D eigenvalue weighted by atomic mass is 16.5. The summed E-state index contributed by atoms with van der Waals surface area (Å²) in [6.07, 6.45) is 0. The van der Waals surface area contributed by atoms with Gasteiger partial charge in [-0.25, -0.2) is 4.79 Å². The van der Waals surface area contributed by atoms with E-state index in [0.29, 0.717) is 22.9 Å². The number of carbonyl (C=O) groups is 1. The van der Waals surface area contributed by atoms with Crippen LogP contribution in [0.25, 0.3) is 0 Å². The molecule has 0 radical (unpaired) electrons. The van der Waals surface area contributed by atoms with Crippen LogP contribution in [0.3, 0.4) is 0 Å². The third-order valence-electron chi connectivity index (χ3n) is 3.36. The molecule has 21 heavy (non-hydrogen) atoms. The number of nitrogen functional groups attached to an aromatic ring is 1. The zero-order valence-corrected chi connectivity index (χ0v) is 12.5. The lowest BCUT2D eigenvalue weighted by molar-refractivity contribution is 0.0602. The van der Waals surface area contributed by atoms with Crippen LogP contribution in [0, 0.1) is 0 Å². The Morgan fingerprint density at radius 1 is 1.10 bits per heavy atom. The molecule has 2 rings (SSSR count). The zero-order valence-electron chi connectivity index (χ0n) is 12.5. The number of methoxy groups -OCH3 is 1. The van der Waals surface area contributed by atoms with Gasteiger partial charge in [-0.15, -0.1) is 0 Å². The van der Waals surface area contributed by atoms with E-state index in [1.807, 2.05) is 24.3 Å². The fourth-order valence-electron chi connectivity index (χ4n) is 2.22. The van der Waals surface area contributed by atoms with E-state index in [4.69, 9.17) is 10.5 Å². The number of ether oxygens (including phenoxy) is 1. The van der Waals surface area contributed by atoms with Gasteiger partial charge in [0.2, 0.25) is 0 Å². The average Bonchev–Trinajstić information content (AvgIpc) is 2.49. The number of rotatable bonds is 4. The van der Waals surface area contributed by atoms with Crippen molar-refractivity contribution in [2.75, 3.05) is 18.2 Å². The molecule has 0 aliphatic carbocycles. The van der Waals surface area contributed by atoms with Crippen LogP contribution in [0.4, 0.5) is 17.1 Å². The quantitative estimate of drug-likeness (QED) is 0.659. The van der Waals surface area contributed by atoms with Crippen molar-refractivity contribution in [2.24, 2.45) is 0 Å². The van der Waals surface area contributed by atoms with Gasteiger partial charge in [-0.1, -0.05) is 38.1 Å². The monoisotopic (exact) mass is 284 g/mol. The predicted molar refractivity (Wildman–Crippen MR) is 86.0 cm³/mol. The number of nitrogens with two attached hydrogens (primary N) is 1. The third kappa shape index (κ3) is 3.16. The van der Waals surface area contributed by atoms with E-state index in [9.17, 15) is 4.79 Å². The molecule has 110 valence electrons. The van der Waals surface area contributed by atoms with Gasteiger partial charge in [0.25, 0.3) is 0 Å². The lowest BCUT2D eigenvalue weighted by Gasteiger charge is -2.16. The number of para-hydroxylation sites is 2. The Balaban J connectivity index is 2.39. The van der Waals surface area contributed by atoms with Crippen molar-refractivity contribution < 1.29 is 9.53 Å². The van der Waals surface area contributed by atoms with Crippen molar-refractivity contribution in [1.29, 1.82) is 0 Å². The van der Waals surface area contributed by atoms with Crippen LogP contribution < -0.4 is 11.1 Å². The summed E-state index contributed by atoms with van der Waals surface area (Å²) in [5.74, 6) is -0.0491. The van der Waals surface area contributed by atoms with Gasteiger partial charge in [-0.3, -0.25) is 0 Å². The molecule has 0 atom stereocenters. The van der Waals surface area contributed by atoms with Gasteiger partial charge >= 0.3 is 5.97 Å². The van der Waals surface area contributed by atoms with Crippen LogP contribution in [-0.4, -0.2) is 13.1 Å². The highest BCUT2D eigenvalue weighted by molar-refractivity contribution is 5.98. The first-order valence-electron chi connectivity index (χ1n) is 6.87. The summed E-state index contributed by atoms with van der Waals surface area (Å²) in [6, 6.07) is 13.3. The Bertz CT molecular complexity index is 651. The van der Waals surface area contributed by atoms with Crippen LogP contribution in [0.15, 0.2) is 42.5 Å². The van der Waals surface area contributed by atoms with Crippen LogP contribution in [0.1, 0.15) is 35.7 Å². The highest BCUT2D eigenvalue weighted by Crippen LogP contribution is 2.31. The van der Waals surface area contributed by atoms with Crippen LogP contribution in [0.5, 0.6) is 0 Å². The standard InChI is InChI=1S/C17H20N2O2/c1-11(2)12-7-4-5-9-14(12)19-15-10-6-8-13(16(15)18)17(20)21-3/h4-11,19H,18H2,1-3H3. The number of carbonyl (C=O) groups excluding carboxylic acids is 1. The molecule has 0 saturated heterocycles. The van der Waals surface area contributed by atoms with Crippen LogP contribution in [0.2, 0.25) is 0 Å². The first kappa shape index (κ1) is 14.9. The normalized spacial score (nSPS) is 10.5. The number of esters is 1. The Kier molecular flexibility index (Phi) is 4.48. The molecule has 2 aromatic rings. The molecule has 4 nitrogen and oxygen atoms in total. The Morgan fingerprint density at radius 3 is 2.43 bits per heavy atom. The molecule has 0 unspecified atom stereocenters. The van der Waals surface area contributed by atoms with Gasteiger partial charge in [0, 0.05) is 5.69 Å². The van der Waals surface area contributed by atoms with Crippen LogP contribution in [-0.2, 0) is 4.74 Å². The Labute approximate surface area is 124 Å². The number of hydrogen-bond acceptors (Lipinski definition) is 4. The minimum Gasteiger partial charge on any atom is -0.465 e. The second-order valence-corrected chi connectivity index (χ2v) is 5.13. The summed E-state index contributed by atoms with van der Waals surface area (Å²) >= 11 is 0. The molecular formula is C17H20N2O2. The van der Waals surface area contributed by atoms with E-state index in [1.54, 1.807) is 12.1 Å². The topological polar surface area (TPSA) is 64.3 Å². The summed E-state index contributed by atoms with van der Waals surface area (Å²) in [4.78, 5) is 11.7. The SMILES string of the molecule is COC(=O)c1cccc(Nc2ccccc2C(C)C)c1N. The van der Waals surface area contributed by atoms with Crippen molar-refractivity contribution in [3.63, 3.8) is 0 Å². The number of hydrogen-bond donors (Lipinski definition) is 2. The van der Waals surface area contributed by atoms with E-state index in [0.717, 1.165) is 5.69 Å². The van der Waals surface area contributed by atoms with Gasteiger partial charge in [-0.2, -0.15) is 0 Å². The summed E-state index contributed by atoms with van der Waals surface area (Å²) in [5.41, 5.74) is 9.71. The van der Waals surface area contributed by atoms with Crippen molar-refractivity contribution in [2.45, 2.75) is 19.8 Å². The molecule has 3 N–H and O–H groups in total. The minimum absolute atomic E-state index is 0.365. The summed E-state index contributed by atoms with van der Waals surface area (Å²) in [6.45, 7) is 4.27. The van der Waals surface area contributed by atoms with E-state index < -0.39 is 5.97 Å². The maximum atomic E-state index is 11.7. The molecule has 0 aromatic heterocycles. The van der Waals surface area contributed by atoms with Crippen molar-refractivity contribution >= 4 is 23.0 Å². The third-order valence-corrected chi connectivity index (χ3v) is 3.36. The first-order chi connectivity index (χ1) is 10.0. The first-order valence-corrected chi connectivity index (χ1v) is 6.87. The molecule has 0 aliphatic rings. The van der Waals surface area contributed by atoms with Gasteiger partial charge in [-0.05, 0) is 29.7 Å².